The first-order valence-corrected chi connectivity index (χ1v) is 7.74. The first kappa shape index (κ1) is 13.6. The maximum absolute atomic E-state index is 12.6. The molecule has 0 atom stereocenters. The van der Waals surface area contributed by atoms with E-state index in [1.54, 1.807) is 0 Å². The van der Waals surface area contributed by atoms with E-state index < -0.39 is 0 Å². The highest BCUT2D eigenvalue weighted by atomic mass is 79.9. The molecule has 20 heavy (non-hydrogen) atoms. The smallest absolute Gasteiger partial charge is 0.194 e. The number of benzene rings is 2. The van der Waals surface area contributed by atoms with Gasteiger partial charge in [0.15, 0.2) is 5.43 Å². The summed E-state index contributed by atoms with van der Waals surface area (Å²) in [5.41, 5.74) is 3.46. The minimum absolute atomic E-state index is 0.0470. The monoisotopic (exact) mass is 391 g/mol. The van der Waals surface area contributed by atoms with E-state index >= 15 is 0 Å². The second-order valence-electron chi connectivity index (χ2n) is 4.60. The van der Waals surface area contributed by atoms with Crippen molar-refractivity contribution in [2.75, 3.05) is 0 Å². The summed E-state index contributed by atoms with van der Waals surface area (Å²) >= 11 is 6.96. The number of aromatic nitrogens is 1. The van der Waals surface area contributed by atoms with Gasteiger partial charge in [-0.05, 0) is 56.5 Å². The zero-order valence-corrected chi connectivity index (χ0v) is 13.9. The van der Waals surface area contributed by atoms with Crippen molar-refractivity contribution in [1.29, 1.82) is 0 Å². The number of hydrogen-bond acceptors (Lipinski definition) is 1. The summed E-state index contributed by atoms with van der Waals surface area (Å²) in [5.74, 6) is 0. The molecule has 0 aliphatic heterocycles. The third kappa shape index (κ3) is 2.13. The molecule has 2 nitrogen and oxygen atoms in total. The molecule has 0 aliphatic rings. The normalized spacial score (nSPS) is 10.9. The van der Waals surface area contributed by atoms with E-state index in [0.717, 1.165) is 31.3 Å². The van der Waals surface area contributed by atoms with Crippen LogP contribution in [0.1, 0.15) is 5.56 Å². The molecule has 0 saturated heterocycles. The SMILES string of the molecule is Cc1c(-c2ccccc2)[nH]c2c(Br)ccc(Br)c2c1=O. The molecule has 0 spiro atoms. The lowest BCUT2D eigenvalue weighted by Gasteiger charge is -2.10. The van der Waals surface area contributed by atoms with Crippen LogP contribution < -0.4 is 5.43 Å². The Hall–Kier alpha value is -1.39. The molecule has 1 heterocycles. The van der Waals surface area contributed by atoms with Gasteiger partial charge in [-0.25, -0.2) is 0 Å². The highest BCUT2D eigenvalue weighted by molar-refractivity contribution is 9.11. The molecule has 4 heteroatoms. The molecular weight excluding hydrogens is 382 g/mol. The molecular formula is C16H11Br2NO. The zero-order valence-electron chi connectivity index (χ0n) is 10.7. The maximum atomic E-state index is 12.6. The first-order valence-electron chi connectivity index (χ1n) is 6.15. The first-order chi connectivity index (χ1) is 9.59. The van der Waals surface area contributed by atoms with Gasteiger partial charge in [-0.2, -0.15) is 0 Å². The molecule has 0 saturated carbocycles. The van der Waals surface area contributed by atoms with Gasteiger partial charge in [-0.15, -0.1) is 0 Å². The van der Waals surface area contributed by atoms with Crippen molar-refractivity contribution in [1.82, 2.24) is 4.98 Å². The largest absolute Gasteiger partial charge is 0.353 e. The topological polar surface area (TPSA) is 32.9 Å². The molecule has 0 bridgehead atoms. The lowest BCUT2D eigenvalue weighted by Crippen LogP contribution is -2.10. The summed E-state index contributed by atoms with van der Waals surface area (Å²) < 4.78 is 1.68. The van der Waals surface area contributed by atoms with Gasteiger partial charge in [0.1, 0.15) is 0 Å². The summed E-state index contributed by atoms with van der Waals surface area (Å²) in [6.07, 6.45) is 0. The van der Waals surface area contributed by atoms with Crippen molar-refractivity contribution >= 4 is 42.8 Å². The van der Waals surface area contributed by atoms with Crippen LogP contribution >= 0.6 is 31.9 Å². The Morgan fingerprint density at radius 1 is 0.950 bits per heavy atom. The van der Waals surface area contributed by atoms with E-state index in [2.05, 4.69) is 36.8 Å². The van der Waals surface area contributed by atoms with Gasteiger partial charge in [0.05, 0.1) is 16.6 Å². The highest BCUT2D eigenvalue weighted by Gasteiger charge is 2.13. The van der Waals surface area contributed by atoms with Crippen molar-refractivity contribution in [2.45, 2.75) is 6.92 Å². The van der Waals surface area contributed by atoms with Crippen LogP contribution in [0.15, 0.2) is 56.2 Å². The van der Waals surface area contributed by atoms with Gasteiger partial charge in [-0.3, -0.25) is 4.79 Å². The van der Waals surface area contributed by atoms with Gasteiger partial charge >= 0.3 is 0 Å². The van der Waals surface area contributed by atoms with Gasteiger partial charge in [0.25, 0.3) is 0 Å². The minimum Gasteiger partial charge on any atom is -0.353 e. The highest BCUT2D eigenvalue weighted by Crippen LogP contribution is 2.30. The van der Waals surface area contributed by atoms with Gasteiger partial charge in [0, 0.05) is 14.5 Å². The Balaban J connectivity index is 2.46. The van der Waals surface area contributed by atoms with E-state index in [0.29, 0.717) is 5.39 Å². The zero-order chi connectivity index (χ0) is 14.3. The Morgan fingerprint density at radius 2 is 1.60 bits per heavy atom. The van der Waals surface area contributed by atoms with Crippen molar-refractivity contribution in [3.63, 3.8) is 0 Å². The summed E-state index contributed by atoms with van der Waals surface area (Å²) in [4.78, 5) is 16.0. The quantitative estimate of drug-likeness (QED) is 0.619. The predicted molar refractivity (Wildman–Crippen MR) is 90.1 cm³/mol. The van der Waals surface area contributed by atoms with Crippen molar-refractivity contribution in [2.24, 2.45) is 0 Å². The molecule has 0 amide bonds. The number of rotatable bonds is 1. The van der Waals surface area contributed by atoms with Crippen LogP contribution in [-0.4, -0.2) is 4.98 Å². The van der Waals surface area contributed by atoms with E-state index in [4.69, 9.17) is 0 Å². The molecule has 3 rings (SSSR count). The summed E-state index contributed by atoms with van der Waals surface area (Å²) in [7, 11) is 0. The Labute approximate surface area is 133 Å². The molecule has 0 aliphatic carbocycles. The minimum atomic E-state index is 0.0470. The Kier molecular flexibility index (Phi) is 3.52. The number of pyridine rings is 1. The number of nitrogens with one attached hydrogen (secondary N) is 1. The molecule has 0 fully saturated rings. The molecule has 1 aromatic heterocycles. The Morgan fingerprint density at radius 3 is 2.30 bits per heavy atom. The molecule has 0 radical (unpaired) electrons. The van der Waals surface area contributed by atoms with Crippen molar-refractivity contribution < 1.29 is 0 Å². The van der Waals surface area contributed by atoms with Crippen LogP contribution in [0, 0.1) is 6.92 Å². The summed E-state index contributed by atoms with van der Waals surface area (Å²) in [6.45, 7) is 1.86. The fourth-order valence-corrected chi connectivity index (χ4v) is 3.25. The van der Waals surface area contributed by atoms with Gasteiger partial charge in [0.2, 0.25) is 0 Å². The van der Waals surface area contributed by atoms with Crippen LogP contribution in [0.5, 0.6) is 0 Å². The molecule has 1 N–H and O–H groups in total. The maximum Gasteiger partial charge on any atom is 0.194 e. The molecule has 3 aromatic rings. The van der Waals surface area contributed by atoms with Gasteiger partial charge in [-0.1, -0.05) is 30.3 Å². The molecule has 2 aromatic carbocycles. The van der Waals surface area contributed by atoms with E-state index in [1.807, 2.05) is 49.4 Å². The average Bonchev–Trinajstić information content (AvgIpc) is 2.47. The number of fused-ring (bicyclic) bond motifs is 1. The van der Waals surface area contributed by atoms with Crippen molar-refractivity contribution in [3.8, 4) is 11.3 Å². The Bertz CT molecular complexity index is 854. The van der Waals surface area contributed by atoms with E-state index in [1.165, 1.54) is 0 Å². The predicted octanol–water partition coefficient (Wildman–Crippen LogP) is 5.03. The average molecular weight is 393 g/mol. The van der Waals surface area contributed by atoms with Crippen LogP contribution in [0.4, 0.5) is 0 Å². The molecule has 0 unspecified atom stereocenters. The number of H-pyrrole nitrogens is 1. The summed E-state index contributed by atoms with van der Waals surface area (Å²) in [6, 6.07) is 13.7. The fraction of sp³-hybridized carbons (Fsp3) is 0.0625. The summed E-state index contributed by atoms with van der Waals surface area (Å²) in [5, 5.41) is 0.677. The number of hydrogen-bond donors (Lipinski definition) is 1. The second-order valence-corrected chi connectivity index (χ2v) is 6.31. The van der Waals surface area contributed by atoms with Crippen molar-refractivity contribution in [3.05, 3.63) is 67.2 Å². The third-order valence-corrected chi connectivity index (χ3v) is 4.68. The number of halogens is 2. The van der Waals surface area contributed by atoms with E-state index in [-0.39, 0.29) is 5.43 Å². The lowest BCUT2D eigenvalue weighted by atomic mass is 10.0. The number of aromatic amines is 1. The molecule has 100 valence electrons. The fourth-order valence-electron chi connectivity index (χ4n) is 2.31. The van der Waals surface area contributed by atoms with Crippen LogP contribution in [0.25, 0.3) is 22.2 Å². The van der Waals surface area contributed by atoms with Gasteiger partial charge < -0.3 is 4.98 Å². The standard InChI is InChI=1S/C16H11Br2NO/c1-9-14(10-5-3-2-4-6-10)19-15-12(18)8-7-11(17)13(15)16(9)20/h2-8H,1H3,(H,19,20). The van der Waals surface area contributed by atoms with Crippen LogP contribution in [0.2, 0.25) is 0 Å². The van der Waals surface area contributed by atoms with Crippen LogP contribution in [0.3, 0.4) is 0 Å². The van der Waals surface area contributed by atoms with E-state index in [9.17, 15) is 4.79 Å². The second kappa shape index (κ2) is 5.19. The van der Waals surface area contributed by atoms with Crippen LogP contribution in [-0.2, 0) is 0 Å². The third-order valence-electron chi connectivity index (χ3n) is 3.36. The lowest BCUT2D eigenvalue weighted by molar-refractivity contribution is 1.29.